The number of hydrogen-bond acceptors (Lipinski definition) is 9. The Morgan fingerprint density at radius 3 is 2.05 bits per heavy atom. The molecule has 234 valence electrons. The first-order valence-corrected chi connectivity index (χ1v) is 15.0. The molecule has 0 radical (unpaired) electrons. The third kappa shape index (κ3) is 7.18. The lowest BCUT2D eigenvalue weighted by Gasteiger charge is -2.33. The van der Waals surface area contributed by atoms with Crippen LogP contribution in [0.15, 0.2) is 18.2 Å². The Balaban J connectivity index is 1.20. The van der Waals surface area contributed by atoms with Gasteiger partial charge in [-0.25, -0.2) is 0 Å². The molecule has 16 heteroatoms. The minimum absolute atomic E-state index is 0.0239. The Hall–Kier alpha value is -4.89. The van der Waals surface area contributed by atoms with Crippen LogP contribution in [0, 0.1) is 22.0 Å². The van der Waals surface area contributed by atoms with Crippen LogP contribution in [0.2, 0.25) is 0 Å². The number of carbonyl (C=O) groups is 4. The molecule has 0 spiro atoms. The number of anilines is 1. The molecule has 44 heavy (non-hydrogen) atoms. The molecule has 2 saturated carbocycles. The third-order valence-electron chi connectivity index (χ3n) is 8.53. The van der Waals surface area contributed by atoms with Crippen LogP contribution in [0.5, 0.6) is 0 Å². The zero-order valence-electron chi connectivity index (χ0n) is 24.4. The van der Waals surface area contributed by atoms with Gasteiger partial charge in [0.1, 0.15) is 23.1 Å². The zero-order valence-corrected chi connectivity index (χ0v) is 24.4. The number of nitrogens with one attached hydrogen (secondary N) is 6. The van der Waals surface area contributed by atoms with Crippen molar-refractivity contribution in [2.24, 2.45) is 11.8 Å². The van der Waals surface area contributed by atoms with Gasteiger partial charge in [0.25, 0.3) is 11.8 Å². The summed E-state index contributed by atoms with van der Waals surface area (Å²) in [6, 6.07) is 2.81. The molecule has 0 bridgehead atoms. The highest BCUT2D eigenvalue weighted by atomic mass is 16.6. The van der Waals surface area contributed by atoms with Gasteiger partial charge in [-0.1, -0.05) is 43.6 Å². The Morgan fingerprint density at radius 2 is 1.39 bits per heavy atom. The first-order valence-electron chi connectivity index (χ1n) is 15.0. The fraction of sp³-hybridized carbons (Fsp3) is 0.536. The van der Waals surface area contributed by atoms with Crippen molar-refractivity contribution in [2.45, 2.75) is 83.2 Å². The van der Waals surface area contributed by atoms with Crippen molar-refractivity contribution in [2.75, 3.05) is 5.32 Å². The summed E-state index contributed by atoms with van der Waals surface area (Å²) < 4.78 is 0. The van der Waals surface area contributed by atoms with Gasteiger partial charge in [0.15, 0.2) is 11.5 Å². The summed E-state index contributed by atoms with van der Waals surface area (Å²) in [4.78, 5) is 62.1. The fourth-order valence-electron chi connectivity index (χ4n) is 6.04. The molecule has 3 heterocycles. The van der Waals surface area contributed by atoms with Crippen LogP contribution in [0.4, 0.5) is 11.6 Å². The molecule has 5 rings (SSSR count). The first kappa shape index (κ1) is 30.6. The van der Waals surface area contributed by atoms with Crippen molar-refractivity contribution in [3.8, 4) is 0 Å². The minimum Gasteiger partial charge on any atom is -0.358 e. The molecule has 2 fully saturated rings. The normalized spacial score (nSPS) is 17.4. The number of nitro groups is 1. The number of nitrogens with zero attached hydrogens (tertiary/aromatic N) is 4. The zero-order chi connectivity index (χ0) is 31.2. The number of rotatable bonds is 11. The molecule has 2 atom stereocenters. The summed E-state index contributed by atoms with van der Waals surface area (Å²) in [5.41, 5.74) is -0.436. The van der Waals surface area contributed by atoms with Gasteiger partial charge in [0.2, 0.25) is 11.7 Å². The van der Waals surface area contributed by atoms with E-state index in [1.807, 2.05) is 6.92 Å². The summed E-state index contributed by atoms with van der Waals surface area (Å²) in [6.07, 6.45) is 10.6. The van der Waals surface area contributed by atoms with Gasteiger partial charge in [-0.15, -0.1) is 5.10 Å². The molecule has 0 aromatic carbocycles. The number of carbonyl (C=O) groups excluding carboxylic acids is 4. The van der Waals surface area contributed by atoms with Crippen molar-refractivity contribution in [3.05, 3.63) is 51.1 Å². The Morgan fingerprint density at radius 1 is 0.795 bits per heavy atom. The average Bonchev–Trinajstić information content (AvgIpc) is 3.82. The topological polar surface area (TPSA) is 234 Å². The minimum atomic E-state index is -0.729. The predicted molar refractivity (Wildman–Crippen MR) is 156 cm³/mol. The van der Waals surface area contributed by atoms with E-state index in [0.717, 1.165) is 51.0 Å². The van der Waals surface area contributed by atoms with E-state index in [0.29, 0.717) is 5.92 Å². The lowest BCUT2D eigenvalue weighted by molar-refractivity contribution is -0.389. The van der Waals surface area contributed by atoms with Crippen LogP contribution < -0.4 is 16.0 Å². The van der Waals surface area contributed by atoms with E-state index >= 15 is 0 Å². The molecule has 0 saturated heterocycles. The average molecular weight is 609 g/mol. The molecule has 16 nitrogen and oxygen atoms in total. The molecule has 3 aromatic rings. The van der Waals surface area contributed by atoms with Crippen molar-refractivity contribution in [1.82, 2.24) is 41.2 Å². The van der Waals surface area contributed by atoms with E-state index in [9.17, 15) is 29.3 Å². The lowest BCUT2D eigenvalue weighted by atomic mass is 9.82. The SMILES string of the molecule is C[C@@H](NC(=O)[C@@H](NC(=O)c1cc(NC(=O)c2cc(C(=O)c3cc([N+](=O)[O-])[nH]n3)n[nH]2)n[nH]1)C1CCCCC1)C1CCCCC1. The summed E-state index contributed by atoms with van der Waals surface area (Å²) in [5.74, 6) is -2.08. The maximum absolute atomic E-state index is 13.5. The number of amides is 3. The predicted octanol–water partition coefficient (Wildman–Crippen LogP) is 3.01. The van der Waals surface area contributed by atoms with E-state index in [4.69, 9.17) is 0 Å². The highest BCUT2D eigenvalue weighted by Crippen LogP contribution is 2.29. The van der Waals surface area contributed by atoms with Crippen molar-refractivity contribution < 1.29 is 24.1 Å². The largest absolute Gasteiger partial charge is 0.358 e. The van der Waals surface area contributed by atoms with Crippen LogP contribution in [-0.2, 0) is 4.79 Å². The Labute approximate surface area is 252 Å². The summed E-state index contributed by atoms with van der Waals surface area (Å²) in [7, 11) is 0. The number of aromatic nitrogens is 6. The first-order chi connectivity index (χ1) is 21.2. The van der Waals surface area contributed by atoms with E-state index in [2.05, 4.69) is 46.5 Å². The second kappa shape index (κ2) is 13.6. The number of ketones is 1. The summed E-state index contributed by atoms with van der Waals surface area (Å²) in [5, 5.41) is 38.0. The molecular weight excluding hydrogens is 572 g/mol. The molecule has 2 aliphatic carbocycles. The number of aromatic amines is 3. The smallest absolute Gasteiger partial charge is 0.343 e. The molecule has 6 N–H and O–H groups in total. The fourth-order valence-corrected chi connectivity index (χ4v) is 6.04. The van der Waals surface area contributed by atoms with Crippen molar-refractivity contribution >= 4 is 35.1 Å². The third-order valence-corrected chi connectivity index (χ3v) is 8.53. The summed E-state index contributed by atoms with van der Waals surface area (Å²) >= 11 is 0. The second-order valence-corrected chi connectivity index (χ2v) is 11.6. The Kier molecular flexibility index (Phi) is 9.45. The standard InChI is InChI=1S/C28H36N10O6/c1-15(16-8-4-2-5-9-16)29-28(42)24(17-10-6-3-7-11-17)31-27(41)21-13-22(36-35-21)30-26(40)20-12-18(32-34-20)25(39)19-14-23(37-33-19)38(43)44/h12-17,24H,2-11H2,1H3,(H,29,42)(H,31,41)(H,32,34)(H,33,37)(H2,30,35,36,40)/t15-,24+/m1/s1. The molecule has 0 unspecified atom stereocenters. The van der Waals surface area contributed by atoms with E-state index in [1.165, 1.54) is 31.4 Å². The van der Waals surface area contributed by atoms with Gasteiger partial charge in [-0.05, 0) is 49.4 Å². The van der Waals surface area contributed by atoms with E-state index < -0.39 is 34.4 Å². The van der Waals surface area contributed by atoms with Crippen LogP contribution in [0.1, 0.15) is 108 Å². The summed E-state index contributed by atoms with van der Waals surface area (Å²) in [6.45, 7) is 2.04. The van der Waals surface area contributed by atoms with Crippen molar-refractivity contribution in [3.63, 3.8) is 0 Å². The molecule has 3 aromatic heterocycles. The molecule has 0 aliphatic heterocycles. The highest BCUT2D eigenvalue weighted by molar-refractivity contribution is 6.09. The van der Waals surface area contributed by atoms with Crippen LogP contribution in [-0.4, -0.2) is 71.1 Å². The van der Waals surface area contributed by atoms with Crippen LogP contribution in [0.3, 0.4) is 0 Å². The molecular formula is C28H36N10O6. The van der Waals surface area contributed by atoms with Gasteiger partial charge in [0, 0.05) is 18.2 Å². The van der Waals surface area contributed by atoms with Gasteiger partial charge < -0.3 is 26.1 Å². The van der Waals surface area contributed by atoms with E-state index in [-0.39, 0.29) is 46.5 Å². The molecule has 3 amide bonds. The lowest BCUT2D eigenvalue weighted by Crippen LogP contribution is -2.54. The maximum atomic E-state index is 13.5. The Bertz CT molecular complexity index is 1510. The van der Waals surface area contributed by atoms with Gasteiger partial charge in [-0.3, -0.25) is 29.4 Å². The monoisotopic (exact) mass is 608 g/mol. The van der Waals surface area contributed by atoms with Gasteiger partial charge in [-0.2, -0.15) is 10.2 Å². The highest BCUT2D eigenvalue weighted by Gasteiger charge is 2.33. The molecule has 2 aliphatic rings. The van der Waals surface area contributed by atoms with Gasteiger partial charge in [0.05, 0.1) is 6.07 Å². The van der Waals surface area contributed by atoms with Crippen LogP contribution in [0.25, 0.3) is 0 Å². The van der Waals surface area contributed by atoms with Crippen molar-refractivity contribution in [1.29, 1.82) is 0 Å². The van der Waals surface area contributed by atoms with Crippen LogP contribution >= 0.6 is 0 Å². The maximum Gasteiger partial charge on any atom is 0.343 e. The van der Waals surface area contributed by atoms with Gasteiger partial charge >= 0.3 is 5.82 Å². The number of H-pyrrole nitrogens is 3. The quantitative estimate of drug-likeness (QED) is 0.106. The van der Waals surface area contributed by atoms with E-state index in [1.54, 1.807) is 0 Å². The second-order valence-electron chi connectivity index (χ2n) is 11.6. The number of hydrogen-bond donors (Lipinski definition) is 6.